The van der Waals surface area contributed by atoms with E-state index in [2.05, 4.69) is 25.9 Å². The fourth-order valence-corrected chi connectivity index (χ4v) is 2.47. The van der Waals surface area contributed by atoms with Crippen LogP contribution in [0.4, 0.5) is 0 Å². The van der Waals surface area contributed by atoms with E-state index in [4.69, 9.17) is 2.74 Å². The van der Waals surface area contributed by atoms with Crippen LogP contribution in [0.15, 0.2) is 83.5 Å². The van der Waals surface area contributed by atoms with Crippen molar-refractivity contribution in [2.75, 3.05) is 0 Å². The van der Waals surface area contributed by atoms with Crippen molar-refractivity contribution < 1.29 is 2.74 Å². The molecule has 0 radical (unpaired) electrons. The maximum atomic E-state index is 7.32. The Bertz CT molecular complexity index is 973. The van der Waals surface area contributed by atoms with Crippen molar-refractivity contribution in [1.29, 1.82) is 0 Å². The van der Waals surface area contributed by atoms with Crippen molar-refractivity contribution in [1.82, 2.24) is 9.97 Å². The highest BCUT2D eigenvalue weighted by atomic mass is 79.9. The number of rotatable bonds is 0. The molecule has 0 unspecified atom stereocenters. The van der Waals surface area contributed by atoms with Gasteiger partial charge in [-0.05, 0) is 30.3 Å². The molecule has 3 heteroatoms. The van der Waals surface area contributed by atoms with E-state index in [9.17, 15) is 0 Å². The Morgan fingerprint density at radius 1 is 0.714 bits per heavy atom. The zero-order valence-electron chi connectivity index (χ0n) is 13.1. The zero-order valence-corrected chi connectivity index (χ0v) is 12.7. The summed E-state index contributed by atoms with van der Waals surface area (Å²) >= 11 is 3.42. The summed E-state index contributed by atoms with van der Waals surface area (Å²) in [5, 5.41) is 2.14. The van der Waals surface area contributed by atoms with Crippen LogP contribution in [0.1, 0.15) is 2.74 Å². The summed E-state index contributed by atoms with van der Waals surface area (Å²) in [5.41, 5.74) is 1.75. The number of para-hydroxylation sites is 1. The van der Waals surface area contributed by atoms with Gasteiger partial charge in [0, 0.05) is 27.6 Å². The third-order valence-electron chi connectivity index (χ3n) is 3.00. The molecular formula is C18H13BrN2. The number of nitrogens with zero attached hydrogens (tertiary/aromatic N) is 2. The van der Waals surface area contributed by atoms with Crippen LogP contribution < -0.4 is 0 Å². The van der Waals surface area contributed by atoms with Gasteiger partial charge in [-0.15, -0.1) is 0 Å². The maximum absolute atomic E-state index is 7.32. The second-order valence-electron chi connectivity index (χ2n) is 4.38. The first-order chi connectivity index (χ1) is 11.1. The van der Waals surface area contributed by atoms with E-state index in [0.717, 1.165) is 26.3 Å². The molecular weight excluding hydrogens is 324 g/mol. The van der Waals surface area contributed by atoms with Crippen LogP contribution in [-0.2, 0) is 0 Å². The smallest absolute Gasteiger partial charge is 0.0840 e. The quantitative estimate of drug-likeness (QED) is 0.438. The summed E-state index contributed by atoms with van der Waals surface area (Å²) in [6, 6.07) is 20.8. The Balaban J connectivity index is 0.000000136. The Hall–Kier alpha value is -2.26. The monoisotopic (exact) mass is 338 g/mol. The number of pyridine rings is 2. The van der Waals surface area contributed by atoms with Crippen molar-refractivity contribution in [3.05, 3.63) is 83.5 Å². The van der Waals surface area contributed by atoms with E-state index in [1.807, 2.05) is 54.6 Å². The lowest BCUT2D eigenvalue weighted by Gasteiger charge is -1.96. The van der Waals surface area contributed by atoms with Gasteiger partial charge in [0.05, 0.1) is 13.8 Å². The van der Waals surface area contributed by atoms with E-state index < -0.39 is 0 Å². The Labute approximate surface area is 134 Å². The molecule has 4 rings (SSSR count). The van der Waals surface area contributed by atoms with Crippen LogP contribution in [0.3, 0.4) is 0 Å². The third-order valence-corrected chi connectivity index (χ3v) is 3.69. The van der Waals surface area contributed by atoms with Gasteiger partial charge in [0.25, 0.3) is 0 Å². The molecule has 0 saturated carbocycles. The minimum atomic E-state index is 0.306. The van der Waals surface area contributed by atoms with Gasteiger partial charge >= 0.3 is 0 Å². The summed E-state index contributed by atoms with van der Waals surface area (Å²) in [5.74, 6) is 0. The molecule has 0 saturated heterocycles. The minimum absolute atomic E-state index is 0.306. The minimum Gasteiger partial charge on any atom is -0.256 e. The molecule has 102 valence electrons. The van der Waals surface area contributed by atoms with Gasteiger partial charge in [0.2, 0.25) is 0 Å². The fourth-order valence-electron chi connectivity index (χ4n) is 1.98. The lowest BCUT2D eigenvalue weighted by molar-refractivity contribution is 1.41. The summed E-state index contributed by atoms with van der Waals surface area (Å²) in [6.07, 6.45) is 0.629. The van der Waals surface area contributed by atoms with Crippen molar-refractivity contribution in [3.63, 3.8) is 0 Å². The molecule has 0 N–H and O–H groups in total. The highest BCUT2D eigenvalue weighted by Gasteiger charge is 1.94. The first-order valence-electron chi connectivity index (χ1n) is 7.48. The first kappa shape index (κ1) is 11.4. The third kappa shape index (κ3) is 3.26. The molecule has 2 heterocycles. The van der Waals surface area contributed by atoms with Crippen LogP contribution in [0.25, 0.3) is 21.8 Å². The predicted octanol–water partition coefficient (Wildman–Crippen LogP) is 5.23. The van der Waals surface area contributed by atoms with Gasteiger partial charge in [-0.1, -0.05) is 52.3 Å². The van der Waals surface area contributed by atoms with Crippen molar-refractivity contribution in [2.24, 2.45) is 0 Å². The van der Waals surface area contributed by atoms with Crippen LogP contribution in [0.5, 0.6) is 0 Å². The molecule has 2 aromatic carbocycles. The van der Waals surface area contributed by atoms with Crippen LogP contribution >= 0.6 is 15.9 Å². The van der Waals surface area contributed by atoms with Crippen molar-refractivity contribution in [3.8, 4) is 0 Å². The maximum Gasteiger partial charge on any atom is 0.0840 e. The topological polar surface area (TPSA) is 25.8 Å². The molecule has 0 spiro atoms. The number of halogens is 1. The van der Waals surface area contributed by atoms with E-state index in [-0.39, 0.29) is 0 Å². The molecule has 21 heavy (non-hydrogen) atoms. The Kier molecular flexibility index (Phi) is 3.51. The Morgan fingerprint density at radius 3 is 2.29 bits per heavy atom. The number of fused-ring (bicyclic) bond motifs is 2. The molecule has 0 aliphatic rings. The normalized spacial score (nSPS) is 11.5. The standard InChI is InChI=1S/C9H6BrN.C9H7N/c10-8-4-1-5-9-7(8)3-2-6-11-9;1-2-6-9-8(4-1)5-3-7-10-9/h1-6H;1-7H/i6D;7D. The SMILES string of the molecule is [2H]c1ccc2c(Br)cccc2n1.[2H]c1ccc2ccccc2n1. The van der Waals surface area contributed by atoms with Gasteiger partial charge in [-0.3, -0.25) is 9.97 Å². The molecule has 4 aromatic rings. The number of hydrogen-bond acceptors (Lipinski definition) is 2. The summed E-state index contributed by atoms with van der Waals surface area (Å²) < 4.78 is 15.6. The molecule has 2 nitrogen and oxygen atoms in total. The van der Waals surface area contributed by atoms with Crippen LogP contribution in [-0.4, -0.2) is 9.97 Å². The zero-order chi connectivity index (χ0) is 16.2. The Morgan fingerprint density at radius 2 is 1.38 bits per heavy atom. The second kappa shape index (κ2) is 6.46. The summed E-state index contributed by atoms with van der Waals surface area (Å²) in [7, 11) is 0. The average molecular weight is 339 g/mol. The van der Waals surface area contributed by atoms with Gasteiger partial charge in [0.15, 0.2) is 0 Å². The molecule has 2 aromatic heterocycles. The van der Waals surface area contributed by atoms with Crippen molar-refractivity contribution in [2.45, 2.75) is 0 Å². The van der Waals surface area contributed by atoms with Gasteiger partial charge in [0.1, 0.15) is 0 Å². The highest BCUT2D eigenvalue weighted by molar-refractivity contribution is 9.10. The number of aromatic nitrogens is 2. The van der Waals surface area contributed by atoms with E-state index >= 15 is 0 Å². The fraction of sp³-hybridized carbons (Fsp3) is 0. The van der Waals surface area contributed by atoms with Crippen LogP contribution in [0.2, 0.25) is 0 Å². The molecule has 0 amide bonds. The summed E-state index contributed by atoms with van der Waals surface area (Å²) in [4.78, 5) is 8.12. The lowest BCUT2D eigenvalue weighted by Crippen LogP contribution is -1.76. The second-order valence-corrected chi connectivity index (χ2v) is 5.23. The lowest BCUT2D eigenvalue weighted by atomic mass is 10.2. The molecule has 0 aliphatic heterocycles. The van der Waals surface area contributed by atoms with Gasteiger partial charge < -0.3 is 0 Å². The molecule has 0 bridgehead atoms. The van der Waals surface area contributed by atoms with Gasteiger partial charge in [-0.2, -0.15) is 0 Å². The average Bonchev–Trinajstić information content (AvgIpc) is 2.55. The van der Waals surface area contributed by atoms with Gasteiger partial charge in [-0.25, -0.2) is 0 Å². The van der Waals surface area contributed by atoms with Crippen molar-refractivity contribution >= 4 is 37.7 Å². The van der Waals surface area contributed by atoms with E-state index in [1.54, 1.807) is 12.1 Å². The van der Waals surface area contributed by atoms with E-state index in [0.29, 0.717) is 12.3 Å². The van der Waals surface area contributed by atoms with E-state index in [1.165, 1.54) is 0 Å². The number of hydrogen-bond donors (Lipinski definition) is 0. The largest absolute Gasteiger partial charge is 0.256 e. The molecule has 0 fully saturated rings. The van der Waals surface area contributed by atoms with Crippen LogP contribution in [0, 0.1) is 0 Å². The summed E-state index contributed by atoms with van der Waals surface area (Å²) in [6.45, 7) is 0. The highest BCUT2D eigenvalue weighted by Crippen LogP contribution is 2.20. The predicted molar refractivity (Wildman–Crippen MR) is 91.2 cm³/mol. The number of benzene rings is 2. The first-order valence-corrected chi connectivity index (χ1v) is 7.27. The molecule has 0 aliphatic carbocycles. The molecule has 0 atom stereocenters.